The molecule has 3 nitrogen and oxygen atoms in total. The van der Waals surface area contributed by atoms with Gasteiger partial charge in [-0.15, -0.1) is 0 Å². The number of hydrogen-bond donors (Lipinski definition) is 0. The molecule has 43 heavy (non-hydrogen) atoms. The van der Waals surface area contributed by atoms with Gasteiger partial charge in [0.1, 0.15) is 0 Å². The Labute approximate surface area is 254 Å². The maximum absolute atomic E-state index is 6.84. The first-order chi connectivity index (χ1) is 21.2. The number of rotatable bonds is 4. The number of fused-ring (bicyclic) bond motifs is 5. The van der Waals surface area contributed by atoms with Crippen LogP contribution in [0, 0.1) is 0 Å². The zero-order chi connectivity index (χ0) is 28.8. The average Bonchev–Trinajstić information content (AvgIpc) is 3.08. The number of aromatic nitrogens is 3. The molecule has 0 aliphatic rings. The Balaban J connectivity index is 1.38. The molecule has 3 aromatic heterocycles. The monoisotopic (exact) mass is 569 g/mol. The van der Waals surface area contributed by atoms with Crippen molar-refractivity contribution in [3.05, 3.63) is 151 Å². The van der Waals surface area contributed by atoms with Gasteiger partial charge in [0.25, 0.3) is 0 Å². The molecule has 3 heterocycles. The molecule has 0 atom stereocenters. The first kappa shape index (κ1) is 25.3. The van der Waals surface area contributed by atoms with Crippen molar-refractivity contribution in [1.82, 2.24) is 15.0 Å². The molecule has 0 saturated carbocycles. The zero-order valence-corrected chi connectivity index (χ0v) is 23.8. The van der Waals surface area contributed by atoms with E-state index in [-0.39, 0.29) is 0 Å². The Morgan fingerprint density at radius 2 is 0.907 bits per heavy atom. The highest BCUT2D eigenvalue weighted by Gasteiger charge is 2.16. The standard InChI is InChI=1S/C39H24ClN3/c40-34-24-37(27-11-5-2-6-12-27)43-39-30-18-19-31-33(25-14-16-28(17-15-25)35-13-7-8-22-41-35)23-36(26-9-3-1-4-10-26)42-38(31)29(30)20-21-32(34)39/h1-24H. The fourth-order valence-corrected chi connectivity index (χ4v) is 6.10. The summed E-state index contributed by atoms with van der Waals surface area (Å²) in [5.41, 5.74) is 9.98. The number of pyridine rings is 3. The van der Waals surface area contributed by atoms with Crippen molar-refractivity contribution >= 4 is 44.2 Å². The normalized spacial score (nSPS) is 11.4. The molecule has 0 saturated heterocycles. The van der Waals surface area contributed by atoms with Crippen molar-refractivity contribution in [2.75, 3.05) is 0 Å². The summed E-state index contributed by atoms with van der Waals surface area (Å²) in [6, 6.07) is 47.8. The summed E-state index contributed by atoms with van der Waals surface area (Å²) in [4.78, 5) is 14.9. The highest BCUT2D eigenvalue weighted by Crippen LogP contribution is 2.39. The Bertz CT molecular complexity index is 2270. The summed E-state index contributed by atoms with van der Waals surface area (Å²) in [5.74, 6) is 0. The molecule has 0 amide bonds. The molecule has 0 radical (unpaired) electrons. The maximum Gasteiger partial charge on any atom is 0.0803 e. The van der Waals surface area contributed by atoms with Gasteiger partial charge in [-0.25, -0.2) is 9.97 Å². The van der Waals surface area contributed by atoms with E-state index in [9.17, 15) is 0 Å². The quantitative estimate of drug-likeness (QED) is 0.198. The highest BCUT2D eigenvalue weighted by atomic mass is 35.5. The first-order valence-electron chi connectivity index (χ1n) is 14.2. The lowest BCUT2D eigenvalue weighted by Gasteiger charge is -2.14. The lowest BCUT2D eigenvalue weighted by molar-refractivity contribution is 1.33. The molecule has 0 fully saturated rings. The summed E-state index contributed by atoms with van der Waals surface area (Å²) >= 11 is 6.84. The molecule has 0 bridgehead atoms. The first-order valence-corrected chi connectivity index (χ1v) is 14.6. The van der Waals surface area contributed by atoms with Crippen LogP contribution in [0.3, 0.4) is 0 Å². The van der Waals surface area contributed by atoms with E-state index in [4.69, 9.17) is 21.6 Å². The molecular formula is C39H24ClN3. The van der Waals surface area contributed by atoms with Crippen LogP contribution in [0.4, 0.5) is 0 Å². The molecule has 0 aliphatic carbocycles. The molecule has 8 aromatic rings. The molecule has 0 spiro atoms. The predicted molar refractivity (Wildman–Crippen MR) is 179 cm³/mol. The molecule has 0 N–H and O–H groups in total. The second kappa shape index (κ2) is 10.5. The number of halogens is 1. The molecule has 0 unspecified atom stereocenters. The number of hydrogen-bond acceptors (Lipinski definition) is 3. The highest BCUT2D eigenvalue weighted by molar-refractivity contribution is 6.36. The van der Waals surface area contributed by atoms with Crippen LogP contribution >= 0.6 is 11.6 Å². The molecule has 0 aliphatic heterocycles. The molecule has 8 rings (SSSR count). The van der Waals surface area contributed by atoms with E-state index in [1.165, 1.54) is 0 Å². The van der Waals surface area contributed by atoms with Gasteiger partial charge in [-0.05, 0) is 35.4 Å². The second-order valence-corrected chi connectivity index (χ2v) is 11.0. The smallest absolute Gasteiger partial charge is 0.0803 e. The minimum absolute atomic E-state index is 0.686. The van der Waals surface area contributed by atoms with Gasteiger partial charge in [-0.3, -0.25) is 4.98 Å². The molecular weight excluding hydrogens is 546 g/mol. The van der Waals surface area contributed by atoms with Gasteiger partial charge in [-0.1, -0.05) is 127 Å². The molecule has 5 aromatic carbocycles. The van der Waals surface area contributed by atoms with Crippen molar-refractivity contribution in [1.29, 1.82) is 0 Å². The van der Waals surface area contributed by atoms with Crippen LogP contribution in [-0.4, -0.2) is 15.0 Å². The van der Waals surface area contributed by atoms with Gasteiger partial charge < -0.3 is 0 Å². The zero-order valence-electron chi connectivity index (χ0n) is 23.1. The van der Waals surface area contributed by atoms with E-state index in [1.54, 1.807) is 0 Å². The van der Waals surface area contributed by atoms with Gasteiger partial charge >= 0.3 is 0 Å². The van der Waals surface area contributed by atoms with Crippen molar-refractivity contribution in [3.63, 3.8) is 0 Å². The third kappa shape index (κ3) is 4.51. The average molecular weight is 570 g/mol. The summed E-state index contributed by atoms with van der Waals surface area (Å²) in [6.07, 6.45) is 1.82. The number of nitrogens with zero attached hydrogens (tertiary/aromatic N) is 3. The van der Waals surface area contributed by atoms with Crippen molar-refractivity contribution in [2.45, 2.75) is 0 Å². The van der Waals surface area contributed by atoms with Gasteiger partial charge in [-0.2, -0.15) is 0 Å². The summed E-state index contributed by atoms with van der Waals surface area (Å²) in [5, 5.41) is 4.77. The third-order valence-corrected chi connectivity index (χ3v) is 8.31. The molecule has 4 heteroatoms. The van der Waals surface area contributed by atoms with Gasteiger partial charge in [0.2, 0.25) is 0 Å². The fraction of sp³-hybridized carbons (Fsp3) is 0. The van der Waals surface area contributed by atoms with E-state index < -0.39 is 0 Å². The van der Waals surface area contributed by atoms with Crippen LogP contribution in [0.1, 0.15) is 0 Å². The Morgan fingerprint density at radius 1 is 0.395 bits per heavy atom. The summed E-state index contributed by atoms with van der Waals surface area (Å²) < 4.78 is 0. The van der Waals surface area contributed by atoms with Crippen LogP contribution in [0.25, 0.3) is 77.5 Å². The fourth-order valence-electron chi connectivity index (χ4n) is 5.85. The van der Waals surface area contributed by atoms with Crippen molar-refractivity contribution < 1.29 is 0 Å². The largest absolute Gasteiger partial charge is 0.256 e. The Hall–Kier alpha value is -5.38. The van der Waals surface area contributed by atoms with Crippen molar-refractivity contribution in [2.24, 2.45) is 0 Å². The second-order valence-electron chi connectivity index (χ2n) is 10.6. The van der Waals surface area contributed by atoms with Crippen LogP contribution in [0.5, 0.6) is 0 Å². The third-order valence-electron chi connectivity index (χ3n) is 8.00. The van der Waals surface area contributed by atoms with E-state index >= 15 is 0 Å². The van der Waals surface area contributed by atoms with Crippen LogP contribution in [-0.2, 0) is 0 Å². The minimum atomic E-state index is 0.686. The van der Waals surface area contributed by atoms with E-state index in [1.807, 2.05) is 54.7 Å². The number of benzene rings is 5. The van der Waals surface area contributed by atoms with Gasteiger partial charge in [0.15, 0.2) is 0 Å². The van der Waals surface area contributed by atoms with Gasteiger partial charge in [0, 0.05) is 44.4 Å². The van der Waals surface area contributed by atoms with E-state index in [0.717, 1.165) is 77.5 Å². The van der Waals surface area contributed by atoms with E-state index in [2.05, 4.69) is 96.0 Å². The summed E-state index contributed by atoms with van der Waals surface area (Å²) in [6.45, 7) is 0. The van der Waals surface area contributed by atoms with Crippen LogP contribution in [0.2, 0.25) is 5.02 Å². The maximum atomic E-state index is 6.84. The van der Waals surface area contributed by atoms with Crippen LogP contribution < -0.4 is 0 Å². The Kier molecular flexibility index (Phi) is 6.17. The topological polar surface area (TPSA) is 38.7 Å². The Morgan fingerprint density at radius 3 is 1.53 bits per heavy atom. The van der Waals surface area contributed by atoms with Crippen molar-refractivity contribution in [3.8, 4) is 44.9 Å². The lowest BCUT2D eigenvalue weighted by Crippen LogP contribution is -1.93. The van der Waals surface area contributed by atoms with E-state index in [0.29, 0.717) is 5.02 Å². The minimum Gasteiger partial charge on any atom is -0.256 e. The predicted octanol–water partition coefficient (Wildman–Crippen LogP) is 10.7. The van der Waals surface area contributed by atoms with Gasteiger partial charge in [0.05, 0.1) is 33.1 Å². The van der Waals surface area contributed by atoms with Crippen LogP contribution in [0.15, 0.2) is 146 Å². The summed E-state index contributed by atoms with van der Waals surface area (Å²) in [7, 11) is 0. The molecule has 202 valence electrons. The lowest BCUT2D eigenvalue weighted by atomic mass is 9.94. The SMILES string of the molecule is Clc1cc(-c2ccccc2)nc2c1ccc1c2ccc2c(-c3ccc(-c4ccccn4)cc3)cc(-c3ccccc3)nc21.